The Kier molecular flexibility index (Phi) is 4.43. The molecule has 92 valence electrons. The SMILES string of the molecule is O=C(c1ccccc1)N(CCCCl)C1CCC1. The van der Waals surface area contributed by atoms with Crippen LogP contribution in [0.25, 0.3) is 0 Å². The second-order valence-electron chi connectivity index (χ2n) is 4.49. The number of carbonyl (C=O) groups excluding carboxylic acids is 1. The highest BCUT2D eigenvalue weighted by Gasteiger charge is 2.28. The number of halogens is 1. The summed E-state index contributed by atoms with van der Waals surface area (Å²) in [4.78, 5) is 14.4. The van der Waals surface area contributed by atoms with Crippen molar-refractivity contribution < 1.29 is 4.79 Å². The lowest BCUT2D eigenvalue weighted by Crippen LogP contribution is -2.44. The van der Waals surface area contributed by atoms with Crippen LogP contribution in [0, 0.1) is 0 Å². The van der Waals surface area contributed by atoms with E-state index >= 15 is 0 Å². The van der Waals surface area contributed by atoms with Crippen LogP contribution in [0.4, 0.5) is 0 Å². The van der Waals surface area contributed by atoms with Gasteiger partial charge in [0.1, 0.15) is 0 Å². The van der Waals surface area contributed by atoms with Crippen molar-refractivity contribution in [2.24, 2.45) is 0 Å². The summed E-state index contributed by atoms with van der Waals surface area (Å²) in [5, 5.41) is 0. The molecule has 1 aromatic rings. The lowest BCUT2D eigenvalue weighted by molar-refractivity contribution is 0.0581. The van der Waals surface area contributed by atoms with Gasteiger partial charge in [-0.25, -0.2) is 0 Å². The molecule has 3 heteroatoms. The topological polar surface area (TPSA) is 20.3 Å². The van der Waals surface area contributed by atoms with Crippen LogP contribution in [-0.2, 0) is 0 Å². The van der Waals surface area contributed by atoms with E-state index in [1.807, 2.05) is 35.2 Å². The molecular formula is C14H18ClNO. The number of benzene rings is 1. The summed E-state index contributed by atoms with van der Waals surface area (Å²) in [6.45, 7) is 0.780. The molecule has 1 aliphatic carbocycles. The molecule has 0 heterocycles. The molecule has 0 aliphatic heterocycles. The van der Waals surface area contributed by atoms with Gasteiger partial charge < -0.3 is 4.90 Å². The van der Waals surface area contributed by atoms with Gasteiger partial charge in [0.05, 0.1) is 0 Å². The Labute approximate surface area is 108 Å². The first-order valence-electron chi connectivity index (χ1n) is 6.25. The molecule has 1 fully saturated rings. The molecule has 1 aliphatic rings. The molecule has 0 saturated heterocycles. The number of amides is 1. The Morgan fingerprint density at radius 1 is 1.29 bits per heavy atom. The van der Waals surface area contributed by atoms with Gasteiger partial charge in [0.15, 0.2) is 0 Å². The van der Waals surface area contributed by atoms with E-state index < -0.39 is 0 Å². The zero-order valence-electron chi connectivity index (χ0n) is 9.94. The minimum absolute atomic E-state index is 0.153. The molecule has 0 radical (unpaired) electrons. The van der Waals surface area contributed by atoms with Crippen LogP contribution in [0.1, 0.15) is 36.0 Å². The van der Waals surface area contributed by atoms with Gasteiger partial charge in [0, 0.05) is 24.0 Å². The second-order valence-corrected chi connectivity index (χ2v) is 4.87. The van der Waals surface area contributed by atoms with E-state index in [4.69, 9.17) is 11.6 Å². The fourth-order valence-electron chi connectivity index (χ4n) is 2.12. The van der Waals surface area contributed by atoms with E-state index in [9.17, 15) is 4.79 Å². The summed E-state index contributed by atoms with van der Waals surface area (Å²) < 4.78 is 0. The van der Waals surface area contributed by atoms with Gasteiger partial charge in [-0.05, 0) is 37.8 Å². The van der Waals surface area contributed by atoms with Crippen molar-refractivity contribution in [1.29, 1.82) is 0 Å². The van der Waals surface area contributed by atoms with Crippen molar-refractivity contribution in [1.82, 2.24) is 4.90 Å². The van der Waals surface area contributed by atoms with Crippen molar-refractivity contribution >= 4 is 17.5 Å². The van der Waals surface area contributed by atoms with Gasteiger partial charge in [0.25, 0.3) is 5.91 Å². The number of nitrogens with zero attached hydrogens (tertiary/aromatic N) is 1. The molecule has 1 amide bonds. The Hall–Kier alpha value is -1.02. The predicted molar refractivity (Wildman–Crippen MR) is 70.5 cm³/mol. The van der Waals surface area contributed by atoms with Crippen LogP contribution in [0.3, 0.4) is 0 Å². The van der Waals surface area contributed by atoms with Crippen molar-refractivity contribution in [2.45, 2.75) is 31.7 Å². The van der Waals surface area contributed by atoms with Crippen LogP contribution >= 0.6 is 11.6 Å². The number of carbonyl (C=O) groups is 1. The normalized spacial score (nSPS) is 15.4. The maximum absolute atomic E-state index is 12.4. The standard InChI is InChI=1S/C14H18ClNO/c15-10-5-11-16(13-8-4-9-13)14(17)12-6-2-1-3-7-12/h1-3,6-7,13H,4-5,8-11H2. The van der Waals surface area contributed by atoms with Gasteiger partial charge >= 0.3 is 0 Å². The largest absolute Gasteiger partial charge is 0.336 e. The van der Waals surface area contributed by atoms with E-state index in [1.54, 1.807) is 0 Å². The predicted octanol–water partition coefficient (Wildman–Crippen LogP) is 3.31. The molecule has 2 nitrogen and oxygen atoms in total. The third kappa shape index (κ3) is 3.01. The molecule has 1 aromatic carbocycles. The lowest BCUT2D eigenvalue weighted by Gasteiger charge is -2.37. The van der Waals surface area contributed by atoms with Gasteiger partial charge in [0.2, 0.25) is 0 Å². The Morgan fingerprint density at radius 3 is 2.53 bits per heavy atom. The smallest absolute Gasteiger partial charge is 0.254 e. The monoisotopic (exact) mass is 251 g/mol. The van der Waals surface area contributed by atoms with Crippen molar-refractivity contribution in [3.8, 4) is 0 Å². The van der Waals surface area contributed by atoms with Crippen LogP contribution in [-0.4, -0.2) is 29.3 Å². The van der Waals surface area contributed by atoms with Crippen molar-refractivity contribution in [3.63, 3.8) is 0 Å². The zero-order valence-corrected chi connectivity index (χ0v) is 10.7. The highest BCUT2D eigenvalue weighted by atomic mass is 35.5. The van der Waals surface area contributed by atoms with Crippen LogP contribution < -0.4 is 0 Å². The van der Waals surface area contributed by atoms with E-state index in [1.165, 1.54) is 6.42 Å². The fraction of sp³-hybridized carbons (Fsp3) is 0.500. The summed E-state index contributed by atoms with van der Waals surface area (Å²) >= 11 is 5.72. The number of rotatable bonds is 5. The minimum Gasteiger partial charge on any atom is -0.336 e. The molecule has 0 bridgehead atoms. The Morgan fingerprint density at radius 2 is 2.00 bits per heavy atom. The second kappa shape index (κ2) is 6.06. The number of hydrogen-bond donors (Lipinski definition) is 0. The Balaban J connectivity index is 2.06. The van der Waals surface area contributed by atoms with Gasteiger partial charge in [-0.15, -0.1) is 11.6 Å². The number of hydrogen-bond acceptors (Lipinski definition) is 1. The van der Waals surface area contributed by atoms with Crippen LogP contribution in [0.5, 0.6) is 0 Å². The quantitative estimate of drug-likeness (QED) is 0.736. The van der Waals surface area contributed by atoms with E-state index in [-0.39, 0.29) is 5.91 Å². The minimum atomic E-state index is 0.153. The molecule has 0 unspecified atom stereocenters. The molecule has 1 saturated carbocycles. The molecule has 0 aromatic heterocycles. The first-order valence-corrected chi connectivity index (χ1v) is 6.78. The molecule has 2 rings (SSSR count). The molecule has 0 spiro atoms. The zero-order chi connectivity index (χ0) is 12.1. The fourth-order valence-corrected chi connectivity index (χ4v) is 2.24. The van der Waals surface area contributed by atoms with Crippen LogP contribution in [0.15, 0.2) is 30.3 Å². The molecule has 0 N–H and O–H groups in total. The van der Waals surface area contributed by atoms with Gasteiger partial charge in [-0.3, -0.25) is 4.79 Å². The average molecular weight is 252 g/mol. The summed E-state index contributed by atoms with van der Waals surface area (Å²) in [7, 11) is 0. The van der Waals surface area contributed by atoms with Gasteiger partial charge in [-0.2, -0.15) is 0 Å². The summed E-state index contributed by atoms with van der Waals surface area (Å²) in [5.41, 5.74) is 0.786. The van der Waals surface area contributed by atoms with Gasteiger partial charge in [-0.1, -0.05) is 18.2 Å². The van der Waals surface area contributed by atoms with E-state index in [0.717, 1.165) is 31.4 Å². The molecule has 17 heavy (non-hydrogen) atoms. The molecule has 0 atom stereocenters. The Bertz CT molecular complexity index is 362. The lowest BCUT2D eigenvalue weighted by atomic mass is 9.91. The number of alkyl halides is 1. The van der Waals surface area contributed by atoms with E-state index in [2.05, 4.69) is 0 Å². The highest BCUT2D eigenvalue weighted by molar-refractivity contribution is 6.17. The van der Waals surface area contributed by atoms with E-state index in [0.29, 0.717) is 11.9 Å². The first-order chi connectivity index (χ1) is 8.33. The maximum atomic E-state index is 12.4. The highest BCUT2D eigenvalue weighted by Crippen LogP contribution is 2.26. The summed E-state index contributed by atoms with van der Waals surface area (Å²) in [6.07, 6.45) is 4.39. The van der Waals surface area contributed by atoms with Crippen LogP contribution in [0.2, 0.25) is 0 Å². The third-order valence-electron chi connectivity index (χ3n) is 3.33. The van der Waals surface area contributed by atoms with Crippen molar-refractivity contribution in [2.75, 3.05) is 12.4 Å². The first kappa shape index (κ1) is 12.4. The third-order valence-corrected chi connectivity index (χ3v) is 3.60. The van der Waals surface area contributed by atoms with Crippen molar-refractivity contribution in [3.05, 3.63) is 35.9 Å². The summed E-state index contributed by atoms with van der Waals surface area (Å²) in [6, 6.07) is 9.96. The average Bonchev–Trinajstić information content (AvgIpc) is 2.32. The maximum Gasteiger partial charge on any atom is 0.254 e. The summed E-state index contributed by atoms with van der Waals surface area (Å²) in [5.74, 6) is 0.770. The molecular weight excluding hydrogens is 234 g/mol.